The Bertz CT molecular complexity index is 690. The SMILES string of the molecule is CCCCC(C)(C)c1cc(O)c(C2C=C(CO)C(C3CCCCC3)CC2)c(O)c1. The Morgan fingerprint density at radius 2 is 1.62 bits per heavy atom. The van der Waals surface area contributed by atoms with Gasteiger partial charge in [-0.15, -0.1) is 0 Å². The van der Waals surface area contributed by atoms with Crippen molar-refractivity contribution in [3.63, 3.8) is 0 Å². The van der Waals surface area contributed by atoms with E-state index in [1.807, 2.05) is 12.1 Å². The average Bonchev–Trinajstić information content (AvgIpc) is 2.72. The maximum atomic E-state index is 10.8. The van der Waals surface area contributed by atoms with Gasteiger partial charge in [0.25, 0.3) is 0 Å². The highest BCUT2D eigenvalue weighted by atomic mass is 16.3. The lowest BCUT2D eigenvalue weighted by Crippen LogP contribution is -2.25. The van der Waals surface area contributed by atoms with Crippen molar-refractivity contribution in [2.45, 2.75) is 96.3 Å². The van der Waals surface area contributed by atoms with E-state index >= 15 is 0 Å². The summed E-state index contributed by atoms with van der Waals surface area (Å²) in [5.41, 5.74) is 2.66. The lowest BCUT2D eigenvalue weighted by atomic mass is 9.69. The van der Waals surface area contributed by atoms with Gasteiger partial charge >= 0.3 is 0 Å². The number of hydrogen-bond donors (Lipinski definition) is 3. The summed E-state index contributed by atoms with van der Waals surface area (Å²) >= 11 is 0. The largest absolute Gasteiger partial charge is 0.507 e. The van der Waals surface area contributed by atoms with Crippen LogP contribution >= 0.6 is 0 Å². The molecule has 2 unspecified atom stereocenters. The van der Waals surface area contributed by atoms with E-state index in [4.69, 9.17) is 0 Å². The molecule has 0 saturated heterocycles. The molecule has 3 nitrogen and oxygen atoms in total. The third-order valence-corrected chi connectivity index (χ3v) is 7.53. The number of benzene rings is 1. The normalized spacial score (nSPS) is 23.8. The number of aliphatic hydroxyl groups is 1. The molecule has 0 aliphatic heterocycles. The van der Waals surface area contributed by atoms with Crippen LogP contribution in [0, 0.1) is 11.8 Å². The van der Waals surface area contributed by atoms with Gasteiger partial charge in [-0.25, -0.2) is 0 Å². The molecule has 1 aromatic carbocycles. The molecule has 0 bridgehead atoms. The minimum absolute atomic E-state index is 0.0233. The quantitative estimate of drug-likeness (QED) is 0.454. The van der Waals surface area contributed by atoms with E-state index in [1.54, 1.807) is 0 Å². The fraction of sp³-hybridized carbons (Fsp3) is 0.692. The Morgan fingerprint density at radius 3 is 2.21 bits per heavy atom. The van der Waals surface area contributed by atoms with E-state index in [9.17, 15) is 15.3 Å². The predicted molar refractivity (Wildman–Crippen MR) is 120 cm³/mol. The molecule has 0 amide bonds. The zero-order valence-electron chi connectivity index (χ0n) is 18.6. The molecule has 162 valence electrons. The summed E-state index contributed by atoms with van der Waals surface area (Å²) in [7, 11) is 0. The fourth-order valence-electron chi connectivity index (χ4n) is 5.64. The topological polar surface area (TPSA) is 60.7 Å². The summed E-state index contributed by atoms with van der Waals surface area (Å²) in [4.78, 5) is 0. The number of allylic oxidation sites excluding steroid dienone is 1. The summed E-state index contributed by atoms with van der Waals surface area (Å²) in [6.45, 7) is 6.62. The van der Waals surface area contributed by atoms with Crippen LogP contribution in [0.1, 0.15) is 102 Å². The van der Waals surface area contributed by atoms with Crippen molar-refractivity contribution in [3.8, 4) is 11.5 Å². The van der Waals surface area contributed by atoms with Crippen LogP contribution in [-0.2, 0) is 5.41 Å². The Balaban J connectivity index is 1.85. The van der Waals surface area contributed by atoms with Crippen LogP contribution in [0.5, 0.6) is 11.5 Å². The second-order valence-electron chi connectivity index (χ2n) is 10.0. The second-order valence-corrected chi connectivity index (χ2v) is 10.0. The number of unbranched alkanes of at least 4 members (excludes halogenated alkanes) is 1. The zero-order valence-corrected chi connectivity index (χ0v) is 18.6. The molecule has 3 rings (SSSR count). The monoisotopic (exact) mass is 400 g/mol. The van der Waals surface area contributed by atoms with E-state index in [-0.39, 0.29) is 29.4 Å². The van der Waals surface area contributed by atoms with E-state index < -0.39 is 0 Å². The van der Waals surface area contributed by atoms with Crippen molar-refractivity contribution < 1.29 is 15.3 Å². The maximum absolute atomic E-state index is 10.8. The summed E-state index contributed by atoms with van der Waals surface area (Å²) in [6.07, 6.45) is 13.9. The first kappa shape index (κ1) is 22.2. The van der Waals surface area contributed by atoms with Gasteiger partial charge in [0.05, 0.1) is 6.61 Å². The van der Waals surface area contributed by atoms with Crippen LogP contribution in [-0.4, -0.2) is 21.9 Å². The summed E-state index contributed by atoms with van der Waals surface area (Å²) in [5.74, 6) is 1.52. The predicted octanol–water partition coefficient (Wildman–Crippen LogP) is 6.56. The fourth-order valence-corrected chi connectivity index (χ4v) is 5.64. The van der Waals surface area contributed by atoms with Crippen molar-refractivity contribution in [3.05, 3.63) is 34.9 Å². The van der Waals surface area contributed by atoms with Crippen LogP contribution < -0.4 is 0 Å². The Morgan fingerprint density at radius 1 is 0.966 bits per heavy atom. The van der Waals surface area contributed by atoms with Gasteiger partial charge in [0.1, 0.15) is 11.5 Å². The van der Waals surface area contributed by atoms with Gasteiger partial charge in [-0.05, 0) is 72.6 Å². The molecule has 29 heavy (non-hydrogen) atoms. The Labute approximate surface area is 176 Å². The minimum Gasteiger partial charge on any atom is -0.507 e. The smallest absolute Gasteiger partial charge is 0.123 e. The maximum Gasteiger partial charge on any atom is 0.123 e. The molecular weight excluding hydrogens is 360 g/mol. The minimum atomic E-state index is -0.0752. The number of phenols is 2. The molecule has 0 radical (unpaired) electrons. The van der Waals surface area contributed by atoms with Crippen molar-refractivity contribution in [1.29, 1.82) is 0 Å². The lowest BCUT2D eigenvalue weighted by molar-refractivity contribution is 0.221. The van der Waals surface area contributed by atoms with Gasteiger partial charge < -0.3 is 15.3 Å². The molecule has 0 spiro atoms. The van der Waals surface area contributed by atoms with Gasteiger partial charge in [0, 0.05) is 11.5 Å². The average molecular weight is 401 g/mol. The van der Waals surface area contributed by atoms with Gasteiger partial charge in [-0.3, -0.25) is 0 Å². The molecular formula is C26H40O3. The third kappa shape index (κ3) is 4.99. The standard InChI is InChI=1S/C26H40O3/c1-4-5-13-26(2,3)21-15-23(28)25(24(29)16-21)19-11-12-22(20(14-19)17-27)18-9-7-6-8-10-18/h14-16,18-19,22,27-29H,4-13,17H2,1-3H3. The number of phenolic OH excluding ortho intramolecular Hbond substituents is 2. The summed E-state index contributed by atoms with van der Waals surface area (Å²) in [5, 5.41) is 31.7. The van der Waals surface area contributed by atoms with Gasteiger partial charge in [-0.1, -0.05) is 59.0 Å². The molecule has 2 aliphatic rings. The molecule has 3 heteroatoms. The van der Waals surface area contributed by atoms with E-state index in [0.29, 0.717) is 17.4 Å². The molecule has 2 aliphatic carbocycles. The number of rotatable bonds is 7. The first-order chi connectivity index (χ1) is 13.9. The number of hydrogen-bond acceptors (Lipinski definition) is 3. The van der Waals surface area contributed by atoms with E-state index in [1.165, 1.54) is 32.1 Å². The molecule has 1 fully saturated rings. The molecule has 0 heterocycles. The third-order valence-electron chi connectivity index (χ3n) is 7.53. The first-order valence-corrected chi connectivity index (χ1v) is 11.7. The van der Waals surface area contributed by atoms with Gasteiger partial charge in [0.2, 0.25) is 0 Å². The highest BCUT2D eigenvalue weighted by Crippen LogP contribution is 2.47. The van der Waals surface area contributed by atoms with Crippen LogP contribution in [0.3, 0.4) is 0 Å². The van der Waals surface area contributed by atoms with Crippen molar-refractivity contribution in [1.82, 2.24) is 0 Å². The van der Waals surface area contributed by atoms with Crippen molar-refractivity contribution in [2.24, 2.45) is 11.8 Å². The van der Waals surface area contributed by atoms with Crippen LogP contribution in [0.4, 0.5) is 0 Å². The highest BCUT2D eigenvalue weighted by Gasteiger charge is 2.33. The number of aromatic hydroxyl groups is 2. The van der Waals surface area contributed by atoms with E-state index in [0.717, 1.165) is 43.2 Å². The van der Waals surface area contributed by atoms with E-state index in [2.05, 4.69) is 26.8 Å². The zero-order chi connectivity index (χ0) is 21.0. The lowest BCUT2D eigenvalue weighted by Gasteiger charge is -2.36. The molecule has 2 atom stereocenters. The van der Waals surface area contributed by atoms with Gasteiger partial charge in [0.15, 0.2) is 0 Å². The Hall–Kier alpha value is -1.48. The van der Waals surface area contributed by atoms with Crippen molar-refractivity contribution >= 4 is 0 Å². The first-order valence-electron chi connectivity index (χ1n) is 11.7. The Kier molecular flexibility index (Phi) is 7.32. The van der Waals surface area contributed by atoms with Crippen LogP contribution in [0.25, 0.3) is 0 Å². The van der Waals surface area contributed by atoms with Crippen molar-refractivity contribution in [2.75, 3.05) is 6.61 Å². The summed E-state index contributed by atoms with van der Waals surface area (Å²) < 4.78 is 0. The molecule has 1 saturated carbocycles. The van der Waals surface area contributed by atoms with Crippen LogP contribution in [0.15, 0.2) is 23.8 Å². The summed E-state index contributed by atoms with van der Waals surface area (Å²) in [6, 6.07) is 3.70. The second kappa shape index (κ2) is 9.55. The van der Waals surface area contributed by atoms with Gasteiger partial charge in [-0.2, -0.15) is 0 Å². The molecule has 3 N–H and O–H groups in total. The number of aliphatic hydroxyl groups excluding tert-OH is 1. The molecule has 0 aromatic heterocycles. The molecule has 1 aromatic rings. The van der Waals surface area contributed by atoms with Crippen LogP contribution in [0.2, 0.25) is 0 Å². The highest BCUT2D eigenvalue weighted by molar-refractivity contribution is 5.52.